The van der Waals surface area contributed by atoms with E-state index in [4.69, 9.17) is 0 Å². The third-order valence-corrected chi connectivity index (χ3v) is 3.26. The van der Waals surface area contributed by atoms with Gasteiger partial charge in [0.2, 0.25) is 11.5 Å². The van der Waals surface area contributed by atoms with Gasteiger partial charge in [-0.2, -0.15) is 0 Å². The first kappa shape index (κ1) is 16.3. The van der Waals surface area contributed by atoms with Gasteiger partial charge in [0.1, 0.15) is 6.04 Å². The molecule has 0 unspecified atom stereocenters. The number of likely N-dealkylation sites (N-methyl/N-ethyl adjacent to an activating group) is 1. The molecule has 0 fully saturated rings. The predicted octanol–water partition coefficient (Wildman–Crippen LogP) is 0.994. The molecule has 7 nitrogen and oxygen atoms in total. The lowest BCUT2D eigenvalue weighted by atomic mass is 10.1. The fraction of sp³-hybridized carbons (Fsp3) is 0.188. The summed E-state index contributed by atoms with van der Waals surface area (Å²) < 4.78 is 1.35. The van der Waals surface area contributed by atoms with Crippen LogP contribution in [0, 0.1) is 0 Å². The molecule has 7 heteroatoms. The topological polar surface area (TPSA) is 92.2 Å². The Balaban J connectivity index is 2.13. The highest BCUT2D eigenvalue weighted by Gasteiger charge is 2.21. The summed E-state index contributed by atoms with van der Waals surface area (Å²) in [6.07, 6.45) is 1.50. The van der Waals surface area contributed by atoms with Gasteiger partial charge in [-0.3, -0.25) is 9.59 Å². The van der Waals surface area contributed by atoms with Gasteiger partial charge in [-0.15, -0.1) is 0 Å². The van der Waals surface area contributed by atoms with Gasteiger partial charge in [-0.05, 0) is 11.6 Å². The number of carbonyl (C=O) groups excluding carboxylic acids is 2. The molecule has 2 aromatic rings. The van der Waals surface area contributed by atoms with E-state index in [9.17, 15) is 14.4 Å². The quantitative estimate of drug-likeness (QED) is 0.786. The van der Waals surface area contributed by atoms with E-state index in [1.165, 1.54) is 29.9 Å². The average molecular weight is 314 g/mol. The highest BCUT2D eigenvalue weighted by molar-refractivity contribution is 5.94. The molecule has 1 aromatic heterocycles. The molecule has 0 saturated carbocycles. The van der Waals surface area contributed by atoms with Gasteiger partial charge in [-0.25, -0.2) is 4.79 Å². The molecule has 0 aliphatic rings. The van der Waals surface area contributed by atoms with E-state index < -0.39 is 12.1 Å². The minimum Gasteiger partial charge on any atom is -0.357 e. The summed E-state index contributed by atoms with van der Waals surface area (Å²) in [4.78, 5) is 35.5. The molecule has 0 radical (unpaired) electrons. The van der Waals surface area contributed by atoms with E-state index in [-0.39, 0.29) is 11.5 Å². The number of amides is 3. The fourth-order valence-electron chi connectivity index (χ4n) is 2.06. The molecule has 0 bridgehead atoms. The lowest BCUT2D eigenvalue weighted by Gasteiger charge is -2.18. The Morgan fingerprint density at radius 3 is 2.39 bits per heavy atom. The van der Waals surface area contributed by atoms with E-state index in [0.717, 1.165) is 0 Å². The summed E-state index contributed by atoms with van der Waals surface area (Å²) in [5.41, 5.74) is 0.944. The molecule has 1 atom stereocenters. The molecular formula is C16H18N4O3. The highest BCUT2D eigenvalue weighted by atomic mass is 16.2. The number of hydrogen-bond acceptors (Lipinski definition) is 3. The number of anilines is 1. The van der Waals surface area contributed by atoms with Gasteiger partial charge < -0.3 is 20.5 Å². The van der Waals surface area contributed by atoms with Crippen LogP contribution in [0.4, 0.5) is 10.5 Å². The molecule has 1 heterocycles. The molecule has 0 aliphatic carbocycles. The maximum absolute atomic E-state index is 12.1. The van der Waals surface area contributed by atoms with Crippen LogP contribution in [0.2, 0.25) is 0 Å². The normalized spacial score (nSPS) is 11.4. The summed E-state index contributed by atoms with van der Waals surface area (Å²) in [6, 6.07) is 10.4. The second-order valence-corrected chi connectivity index (χ2v) is 4.92. The molecule has 23 heavy (non-hydrogen) atoms. The Morgan fingerprint density at radius 2 is 1.78 bits per heavy atom. The van der Waals surface area contributed by atoms with Gasteiger partial charge in [0.25, 0.3) is 0 Å². The van der Waals surface area contributed by atoms with Gasteiger partial charge in [0, 0.05) is 26.4 Å². The van der Waals surface area contributed by atoms with Crippen LogP contribution in [0.25, 0.3) is 0 Å². The standard InChI is InChI=1S/C16H18N4O3/c1-17-15(22)14(11-6-4-3-5-7-11)19-16(23)18-12-8-9-13(21)20(2)10-12/h3-10,14H,1-2H3,(H,17,22)(H2,18,19,23)/t14-/m1/s1. The van der Waals surface area contributed by atoms with Crippen molar-refractivity contribution in [3.8, 4) is 0 Å². The first-order valence-corrected chi connectivity index (χ1v) is 7.02. The van der Waals surface area contributed by atoms with E-state index in [0.29, 0.717) is 11.3 Å². The summed E-state index contributed by atoms with van der Waals surface area (Å²) in [5.74, 6) is -0.327. The van der Waals surface area contributed by atoms with Gasteiger partial charge in [0.15, 0.2) is 0 Å². The molecule has 3 amide bonds. The van der Waals surface area contributed by atoms with Crippen LogP contribution >= 0.6 is 0 Å². The molecule has 0 aliphatic heterocycles. The number of aromatic nitrogens is 1. The number of urea groups is 1. The third-order valence-electron chi connectivity index (χ3n) is 3.26. The SMILES string of the molecule is CNC(=O)[C@H](NC(=O)Nc1ccc(=O)n(C)c1)c1ccccc1. The number of hydrogen-bond donors (Lipinski definition) is 3. The van der Waals surface area contributed by atoms with Crippen LogP contribution in [-0.2, 0) is 11.8 Å². The van der Waals surface area contributed by atoms with Crippen molar-refractivity contribution in [1.82, 2.24) is 15.2 Å². The van der Waals surface area contributed by atoms with Gasteiger partial charge in [-0.1, -0.05) is 30.3 Å². The van der Waals surface area contributed by atoms with Crippen molar-refractivity contribution in [1.29, 1.82) is 0 Å². The monoisotopic (exact) mass is 314 g/mol. The number of nitrogens with one attached hydrogen (secondary N) is 3. The Hall–Kier alpha value is -3.09. The molecule has 0 saturated heterocycles. The zero-order chi connectivity index (χ0) is 16.8. The van der Waals surface area contributed by atoms with Crippen LogP contribution < -0.4 is 21.5 Å². The maximum atomic E-state index is 12.1. The largest absolute Gasteiger partial charge is 0.357 e. The Labute approximate surface area is 133 Å². The molecule has 2 rings (SSSR count). The minimum atomic E-state index is -0.811. The van der Waals surface area contributed by atoms with Crippen LogP contribution in [-0.4, -0.2) is 23.6 Å². The van der Waals surface area contributed by atoms with Crippen molar-refractivity contribution in [2.24, 2.45) is 7.05 Å². The zero-order valence-corrected chi connectivity index (χ0v) is 12.9. The predicted molar refractivity (Wildman–Crippen MR) is 87.1 cm³/mol. The van der Waals surface area contributed by atoms with Gasteiger partial charge in [0.05, 0.1) is 5.69 Å². The average Bonchev–Trinajstić information content (AvgIpc) is 2.56. The van der Waals surface area contributed by atoms with Crippen molar-refractivity contribution >= 4 is 17.6 Å². The highest BCUT2D eigenvalue weighted by Crippen LogP contribution is 2.13. The molecule has 0 spiro atoms. The van der Waals surface area contributed by atoms with Crippen LogP contribution in [0.3, 0.4) is 0 Å². The number of pyridine rings is 1. The lowest BCUT2D eigenvalue weighted by Crippen LogP contribution is -2.41. The Morgan fingerprint density at radius 1 is 1.09 bits per heavy atom. The minimum absolute atomic E-state index is 0.177. The van der Waals surface area contributed by atoms with E-state index in [2.05, 4.69) is 16.0 Å². The smallest absolute Gasteiger partial charge is 0.320 e. The zero-order valence-electron chi connectivity index (χ0n) is 12.9. The molecule has 120 valence electrons. The Kier molecular flexibility index (Phi) is 5.14. The van der Waals surface area contributed by atoms with Crippen molar-refractivity contribution in [3.05, 3.63) is 64.6 Å². The van der Waals surface area contributed by atoms with Crippen LogP contribution in [0.15, 0.2) is 53.5 Å². The second kappa shape index (κ2) is 7.26. The first-order chi connectivity index (χ1) is 11.0. The third kappa shape index (κ3) is 4.19. The molecule has 3 N–H and O–H groups in total. The summed E-state index contributed by atoms with van der Waals surface area (Å²) in [6.45, 7) is 0. The lowest BCUT2D eigenvalue weighted by molar-refractivity contribution is -0.122. The van der Waals surface area contributed by atoms with E-state index in [1.807, 2.05) is 6.07 Å². The first-order valence-electron chi connectivity index (χ1n) is 7.02. The molecular weight excluding hydrogens is 296 g/mol. The number of benzene rings is 1. The van der Waals surface area contributed by atoms with E-state index >= 15 is 0 Å². The summed E-state index contributed by atoms with van der Waals surface area (Å²) in [5, 5.41) is 7.74. The van der Waals surface area contributed by atoms with Crippen LogP contribution in [0.5, 0.6) is 0 Å². The second-order valence-electron chi connectivity index (χ2n) is 4.92. The van der Waals surface area contributed by atoms with Crippen LogP contribution in [0.1, 0.15) is 11.6 Å². The summed E-state index contributed by atoms with van der Waals surface area (Å²) >= 11 is 0. The molecule has 1 aromatic carbocycles. The maximum Gasteiger partial charge on any atom is 0.320 e. The number of aryl methyl sites for hydroxylation is 1. The number of rotatable bonds is 4. The fourth-order valence-corrected chi connectivity index (χ4v) is 2.06. The summed E-state index contributed by atoms with van der Waals surface area (Å²) in [7, 11) is 3.09. The van der Waals surface area contributed by atoms with Gasteiger partial charge >= 0.3 is 6.03 Å². The van der Waals surface area contributed by atoms with Crippen molar-refractivity contribution in [2.75, 3.05) is 12.4 Å². The van der Waals surface area contributed by atoms with Crippen molar-refractivity contribution in [3.63, 3.8) is 0 Å². The number of carbonyl (C=O) groups is 2. The van der Waals surface area contributed by atoms with E-state index in [1.54, 1.807) is 31.3 Å². The number of nitrogens with zero attached hydrogens (tertiary/aromatic N) is 1. The van der Waals surface area contributed by atoms with Crippen molar-refractivity contribution in [2.45, 2.75) is 6.04 Å². The van der Waals surface area contributed by atoms with Crippen molar-refractivity contribution < 1.29 is 9.59 Å². The Bertz CT molecular complexity index is 755.